The standard InChI is InChI=1S/C12H16N4O2.CH2O2/c1-8-4-16(5-9(6-17)18-8)12-11-10(2-3-13-11)14-7-15-12;2-1-3/h2-3,7-9,13,17H,4-6H2,1H3;1H,(H,2,3)/t8-,9-;/m0./s1. The van der Waals surface area contributed by atoms with Crippen LogP contribution in [0.15, 0.2) is 18.6 Å². The second-order valence-corrected chi connectivity index (χ2v) is 4.70. The van der Waals surface area contributed by atoms with Gasteiger partial charge in [0.2, 0.25) is 0 Å². The molecule has 0 aliphatic carbocycles. The van der Waals surface area contributed by atoms with Crippen molar-refractivity contribution in [2.75, 3.05) is 24.6 Å². The number of aromatic amines is 1. The number of rotatable bonds is 2. The van der Waals surface area contributed by atoms with Crippen LogP contribution >= 0.6 is 0 Å². The van der Waals surface area contributed by atoms with Gasteiger partial charge in [0.1, 0.15) is 11.8 Å². The van der Waals surface area contributed by atoms with Gasteiger partial charge in [-0.25, -0.2) is 9.97 Å². The van der Waals surface area contributed by atoms with Gasteiger partial charge in [0, 0.05) is 19.3 Å². The van der Waals surface area contributed by atoms with E-state index in [4.69, 9.17) is 14.6 Å². The van der Waals surface area contributed by atoms with Crippen LogP contribution in [0.1, 0.15) is 6.92 Å². The molecule has 1 fully saturated rings. The minimum atomic E-state index is -0.250. The Morgan fingerprint density at radius 1 is 1.52 bits per heavy atom. The van der Waals surface area contributed by atoms with Gasteiger partial charge in [0.05, 0.1) is 24.3 Å². The van der Waals surface area contributed by atoms with Crippen molar-refractivity contribution in [2.45, 2.75) is 19.1 Å². The van der Waals surface area contributed by atoms with Crippen LogP contribution in [-0.4, -0.2) is 63.5 Å². The third-order valence-corrected chi connectivity index (χ3v) is 3.15. The lowest BCUT2D eigenvalue weighted by molar-refractivity contribution is -0.122. The molecule has 3 N–H and O–H groups in total. The van der Waals surface area contributed by atoms with Gasteiger partial charge in [-0.15, -0.1) is 0 Å². The van der Waals surface area contributed by atoms with E-state index in [1.54, 1.807) is 6.33 Å². The molecular weight excluding hydrogens is 276 g/mol. The highest BCUT2D eigenvalue weighted by Crippen LogP contribution is 2.24. The normalized spacial score (nSPS) is 21.7. The van der Waals surface area contributed by atoms with Crippen molar-refractivity contribution < 1.29 is 19.7 Å². The molecule has 2 aromatic rings. The highest BCUT2D eigenvalue weighted by atomic mass is 16.5. The van der Waals surface area contributed by atoms with Crippen molar-refractivity contribution in [2.24, 2.45) is 0 Å². The van der Waals surface area contributed by atoms with E-state index < -0.39 is 0 Å². The predicted molar refractivity (Wildman–Crippen MR) is 76.2 cm³/mol. The van der Waals surface area contributed by atoms with Gasteiger partial charge in [-0.05, 0) is 13.0 Å². The molecule has 0 saturated carbocycles. The Labute approximate surface area is 121 Å². The molecule has 8 heteroatoms. The Kier molecular flexibility index (Phi) is 5.07. The van der Waals surface area contributed by atoms with Crippen molar-refractivity contribution in [3.8, 4) is 0 Å². The summed E-state index contributed by atoms with van der Waals surface area (Å²) in [5.41, 5.74) is 1.84. The SMILES string of the molecule is C[C@H]1CN(c2ncnc3cc[nH]c23)C[C@@H](CO)O1.O=CO. The number of nitrogens with one attached hydrogen (secondary N) is 1. The van der Waals surface area contributed by atoms with Gasteiger partial charge in [-0.1, -0.05) is 0 Å². The van der Waals surface area contributed by atoms with Gasteiger partial charge in [0.15, 0.2) is 5.82 Å². The number of ether oxygens (including phenoxy) is 1. The third kappa shape index (κ3) is 3.47. The zero-order chi connectivity index (χ0) is 15.2. The summed E-state index contributed by atoms with van der Waals surface area (Å²) >= 11 is 0. The lowest BCUT2D eigenvalue weighted by atomic mass is 10.2. The molecule has 114 valence electrons. The molecular formula is C13H18N4O4. The molecule has 0 amide bonds. The van der Waals surface area contributed by atoms with Crippen molar-refractivity contribution >= 4 is 23.3 Å². The molecule has 0 bridgehead atoms. The summed E-state index contributed by atoms with van der Waals surface area (Å²) in [7, 11) is 0. The van der Waals surface area contributed by atoms with Crippen LogP contribution in [0.25, 0.3) is 11.0 Å². The van der Waals surface area contributed by atoms with Gasteiger partial charge in [-0.3, -0.25) is 4.79 Å². The highest BCUT2D eigenvalue weighted by Gasteiger charge is 2.26. The molecule has 2 atom stereocenters. The van der Waals surface area contributed by atoms with Crippen LogP contribution in [0.3, 0.4) is 0 Å². The van der Waals surface area contributed by atoms with E-state index in [2.05, 4.69) is 19.9 Å². The Bertz CT molecular complexity index is 588. The van der Waals surface area contributed by atoms with Crippen molar-refractivity contribution in [3.05, 3.63) is 18.6 Å². The van der Waals surface area contributed by atoms with Crippen molar-refractivity contribution in [1.29, 1.82) is 0 Å². The zero-order valence-electron chi connectivity index (χ0n) is 11.6. The Balaban J connectivity index is 0.000000497. The first-order valence-corrected chi connectivity index (χ1v) is 6.56. The molecule has 2 aromatic heterocycles. The fourth-order valence-electron chi connectivity index (χ4n) is 2.42. The summed E-state index contributed by atoms with van der Waals surface area (Å²) < 4.78 is 5.64. The summed E-state index contributed by atoms with van der Waals surface area (Å²) in [6, 6.07) is 1.92. The van der Waals surface area contributed by atoms with Crippen molar-refractivity contribution in [1.82, 2.24) is 15.0 Å². The Morgan fingerprint density at radius 3 is 3.00 bits per heavy atom. The molecule has 1 aliphatic rings. The van der Waals surface area contributed by atoms with E-state index in [1.165, 1.54) is 0 Å². The molecule has 21 heavy (non-hydrogen) atoms. The van der Waals surface area contributed by atoms with Gasteiger partial charge in [0.25, 0.3) is 6.47 Å². The number of anilines is 1. The van der Waals surface area contributed by atoms with Gasteiger partial charge in [-0.2, -0.15) is 0 Å². The third-order valence-electron chi connectivity index (χ3n) is 3.15. The lowest BCUT2D eigenvalue weighted by Gasteiger charge is -2.36. The molecule has 0 radical (unpaired) electrons. The second kappa shape index (κ2) is 7.00. The number of hydrogen-bond donors (Lipinski definition) is 3. The molecule has 3 heterocycles. The average Bonchev–Trinajstić information content (AvgIpc) is 2.95. The monoisotopic (exact) mass is 294 g/mol. The quantitative estimate of drug-likeness (QED) is 0.680. The molecule has 0 unspecified atom stereocenters. The Morgan fingerprint density at radius 2 is 2.29 bits per heavy atom. The zero-order valence-corrected chi connectivity index (χ0v) is 11.6. The first kappa shape index (κ1) is 15.2. The number of aliphatic hydroxyl groups is 1. The summed E-state index contributed by atoms with van der Waals surface area (Å²) in [6.45, 7) is 3.19. The second-order valence-electron chi connectivity index (χ2n) is 4.70. The van der Waals surface area contributed by atoms with Gasteiger partial charge >= 0.3 is 0 Å². The fourth-order valence-corrected chi connectivity index (χ4v) is 2.42. The maximum Gasteiger partial charge on any atom is 0.290 e. The summed E-state index contributed by atoms with van der Waals surface area (Å²) in [4.78, 5) is 22.2. The minimum Gasteiger partial charge on any atom is -0.483 e. The molecule has 1 aliphatic heterocycles. The molecule has 1 saturated heterocycles. The first-order valence-electron chi connectivity index (χ1n) is 6.56. The predicted octanol–water partition coefficient (Wildman–Crippen LogP) is 0.245. The maximum atomic E-state index is 9.25. The molecule has 8 nitrogen and oxygen atoms in total. The average molecular weight is 294 g/mol. The number of fused-ring (bicyclic) bond motifs is 1. The minimum absolute atomic E-state index is 0.0276. The fraction of sp³-hybridized carbons (Fsp3) is 0.462. The highest BCUT2D eigenvalue weighted by molar-refractivity contribution is 5.85. The number of H-pyrrole nitrogens is 1. The molecule has 0 spiro atoms. The van der Waals surface area contributed by atoms with E-state index in [0.29, 0.717) is 6.54 Å². The number of carbonyl (C=O) groups is 1. The van der Waals surface area contributed by atoms with Crippen LogP contribution < -0.4 is 4.90 Å². The van der Waals surface area contributed by atoms with Crippen LogP contribution in [0, 0.1) is 0 Å². The van der Waals surface area contributed by atoms with E-state index in [-0.39, 0.29) is 25.3 Å². The van der Waals surface area contributed by atoms with E-state index in [9.17, 15) is 5.11 Å². The molecule has 0 aromatic carbocycles. The number of aliphatic hydroxyl groups excluding tert-OH is 1. The van der Waals surface area contributed by atoms with Gasteiger partial charge < -0.3 is 24.8 Å². The van der Waals surface area contributed by atoms with E-state index >= 15 is 0 Å². The van der Waals surface area contributed by atoms with E-state index in [0.717, 1.165) is 23.4 Å². The largest absolute Gasteiger partial charge is 0.483 e. The lowest BCUT2D eigenvalue weighted by Crippen LogP contribution is -2.48. The number of aromatic nitrogens is 3. The van der Waals surface area contributed by atoms with Crippen LogP contribution in [0.4, 0.5) is 5.82 Å². The topological polar surface area (TPSA) is 112 Å². The maximum absolute atomic E-state index is 9.25. The van der Waals surface area contributed by atoms with Crippen LogP contribution in [-0.2, 0) is 9.53 Å². The number of nitrogens with zero attached hydrogens (tertiary/aromatic N) is 3. The summed E-state index contributed by atoms with van der Waals surface area (Å²) in [5, 5.41) is 16.1. The molecule has 3 rings (SSSR count). The summed E-state index contributed by atoms with van der Waals surface area (Å²) in [5.74, 6) is 0.874. The first-order chi connectivity index (χ1) is 10.2. The smallest absolute Gasteiger partial charge is 0.290 e. The Hall–Kier alpha value is -2.19. The van der Waals surface area contributed by atoms with Crippen LogP contribution in [0.5, 0.6) is 0 Å². The van der Waals surface area contributed by atoms with Crippen molar-refractivity contribution in [3.63, 3.8) is 0 Å². The summed E-state index contributed by atoms with van der Waals surface area (Å²) in [6.07, 6.45) is 3.35. The van der Waals surface area contributed by atoms with E-state index in [1.807, 2.05) is 19.2 Å². The number of carboxylic acid groups (broad SMARTS) is 1. The number of hydrogen-bond acceptors (Lipinski definition) is 6. The van der Waals surface area contributed by atoms with Crippen LogP contribution in [0.2, 0.25) is 0 Å². The number of morpholine rings is 1.